The summed E-state index contributed by atoms with van der Waals surface area (Å²) in [6.45, 7) is 3.22. The van der Waals surface area contributed by atoms with Crippen LogP contribution in [0.2, 0.25) is 0 Å². The van der Waals surface area contributed by atoms with Gasteiger partial charge in [0.25, 0.3) is 0 Å². The second kappa shape index (κ2) is 7.70. The fourth-order valence-electron chi connectivity index (χ4n) is 1.34. The first kappa shape index (κ1) is 13.5. The van der Waals surface area contributed by atoms with Crippen LogP contribution in [-0.4, -0.2) is 42.2 Å². The van der Waals surface area contributed by atoms with Gasteiger partial charge in [-0.05, 0) is 13.0 Å². The Morgan fingerprint density at radius 1 is 1.59 bits per heavy atom. The second-order valence-electron chi connectivity index (χ2n) is 3.73. The molecule has 1 unspecified atom stereocenters. The molecule has 1 heterocycles. The molecule has 0 fully saturated rings. The number of aromatic nitrogens is 2. The first-order chi connectivity index (χ1) is 8.22. The number of nitrogens with one attached hydrogen (secondary N) is 2. The third kappa shape index (κ3) is 5.94. The van der Waals surface area contributed by atoms with Gasteiger partial charge in [-0.15, -0.1) is 0 Å². The summed E-state index contributed by atoms with van der Waals surface area (Å²) in [6.07, 6.45) is 3.16. The van der Waals surface area contributed by atoms with Crippen molar-refractivity contribution >= 4 is 5.91 Å². The molecule has 0 saturated heterocycles. The monoisotopic (exact) mass is 238 g/mol. The van der Waals surface area contributed by atoms with E-state index in [0.29, 0.717) is 13.2 Å². The lowest BCUT2D eigenvalue weighted by molar-refractivity contribution is -0.121. The molecule has 2 N–H and O–H groups in total. The van der Waals surface area contributed by atoms with Crippen LogP contribution in [0.5, 0.6) is 0 Å². The lowest BCUT2D eigenvalue weighted by Crippen LogP contribution is -2.40. The lowest BCUT2D eigenvalue weighted by atomic mass is 10.3. The molecule has 0 aliphatic rings. The fourth-order valence-corrected chi connectivity index (χ4v) is 1.34. The molecule has 1 aromatic heterocycles. The Labute approximate surface area is 101 Å². The Bertz CT molecular complexity index is 332. The average Bonchev–Trinajstić information content (AvgIpc) is 2.30. The minimum Gasteiger partial charge on any atom is -0.383 e. The van der Waals surface area contributed by atoms with Crippen LogP contribution < -0.4 is 10.6 Å². The molecule has 1 rings (SSSR count). The van der Waals surface area contributed by atoms with Gasteiger partial charge in [0.15, 0.2) is 0 Å². The Balaban J connectivity index is 2.16. The third-order valence-corrected chi connectivity index (χ3v) is 2.06. The topological polar surface area (TPSA) is 76.1 Å². The second-order valence-corrected chi connectivity index (χ2v) is 3.73. The molecule has 0 spiro atoms. The van der Waals surface area contributed by atoms with Gasteiger partial charge in [-0.3, -0.25) is 4.79 Å². The van der Waals surface area contributed by atoms with Gasteiger partial charge in [-0.1, -0.05) is 0 Å². The van der Waals surface area contributed by atoms with Gasteiger partial charge < -0.3 is 15.4 Å². The first-order valence-corrected chi connectivity index (χ1v) is 5.46. The molecule has 0 aromatic carbocycles. The summed E-state index contributed by atoms with van der Waals surface area (Å²) >= 11 is 0. The normalized spacial score (nSPS) is 12.1. The van der Waals surface area contributed by atoms with E-state index in [2.05, 4.69) is 20.6 Å². The predicted molar refractivity (Wildman–Crippen MR) is 63.2 cm³/mol. The lowest BCUT2D eigenvalue weighted by Gasteiger charge is -2.12. The van der Waals surface area contributed by atoms with Crippen molar-refractivity contribution in [3.63, 3.8) is 0 Å². The van der Waals surface area contributed by atoms with Crippen LogP contribution in [0.15, 0.2) is 18.6 Å². The maximum Gasteiger partial charge on any atom is 0.234 e. The smallest absolute Gasteiger partial charge is 0.234 e. The zero-order valence-electron chi connectivity index (χ0n) is 10.1. The fraction of sp³-hybridized carbons (Fsp3) is 0.545. The molecule has 6 heteroatoms. The standard InChI is InChI=1S/C11H18N4O2/c1-9(7-17-2)15-11(16)6-13-5-10-3-4-12-8-14-10/h3-4,8-9,13H,5-7H2,1-2H3,(H,15,16). The maximum atomic E-state index is 11.5. The molecule has 6 nitrogen and oxygen atoms in total. The minimum absolute atomic E-state index is 0.0216. The van der Waals surface area contributed by atoms with Crippen LogP contribution in [0.3, 0.4) is 0 Å². The van der Waals surface area contributed by atoms with Crippen LogP contribution in [0.1, 0.15) is 12.6 Å². The number of methoxy groups -OCH3 is 1. The minimum atomic E-state index is -0.0522. The predicted octanol–water partition coefficient (Wildman–Crippen LogP) is -0.283. The van der Waals surface area contributed by atoms with E-state index in [1.54, 1.807) is 19.4 Å². The zero-order valence-corrected chi connectivity index (χ0v) is 10.1. The molecule has 0 aliphatic heterocycles. The van der Waals surface area contributed by atoms with Crippen molar-refractivity contribution in [3.05, 3.63) is 24.3 Å². The molecular weight excluding hydrogens is 220 g/mol. The van der Waals surface area contributed by atoms with E-state index in [-0.39, 0.29) is 18.5 Å². The first-order valence-electron chi connectivity index (χ1n) is 5.46. The number of nitrogens with zero attached hydrogens (tertiary/aromatic N) is 2. The van der Waals surface area contributed by atoms with Crippen LogP contribution >= 0.6 is 0 Å². The summed E-state index contributed by atoms with van der Waals surface area (Å²) in [6, 6.07) is 1.83. The molecule has 1 atom stereocenters. The molecule has 0 radical (unpaired) electrons. The van der Waals surface area contributed by atoms with E-state index in [0.717, 1.165) is 5.69 Å². The van der Waals surface area contributed by atoms with E-state index in [1.807, 2.05) is 6.92 Å². The molecule has 0 aliphatic carbocycles. The number of ether oxygens (including phenoxy) is 1. The van der Waals surface area contributed by atoms with Gasteiger partial charge in [0, 0.05) is 25.9 Å². The van der Waals surface area contributed by atoms with Gasteiger partial charge in [0.1, 0.15) is 6.33 Å². The highest BCUT2D eigenvalue weighted by molar-refractivity contribution is 5.78. The van der Waals surface area contributed by atoms with E-state index >= 15 is 0 Å². The molecule has 94 valence electrons. The highest BCUT2D eigenvalue weighted by Crippen LogP contribution is 1.89. The SMILES string of the molecule is COCC(C)NC(=O)CNCc1ccncn1. The van der Waals surface area contributed by atoms with Crippen molar-refractivity contribution in [2.45, 2.75) is 19.5 Å². The van der Waals surface area contributed by atoms with Crippen LogP contribution in [-0.2, 0) is 16.1 Å². The molecular formula is C11H18N4O2. The third-order valence-electron chi connectivity index (χ3n) is 2.06. The van der Waals surface area contributed by atoms with Crippen molar-refractivity contribution in [1.29, 1.82) is 0 Å². The maximum absolute atomic E-state index is 11.5. The number of carbonyl (C=O) groups excluding carboxylic acids is 1. The van der Waals surface area contributed by atoms with Crippen LogP contribution in [0.25, 0.3) is 0 Å². The zero-order chi connectivity index (χ0) is 12.5. The van der Waals surface area contributed by atoms with Crippen molar-refractivity contribution in [2.24, 2.45) is 0 Å². The van der Waals surface area contributed by atoms with Gasteiger partial charge in [0.05, 0.1) is 18.8 Å². The Kier molecular flexibility index (Phi) is 6.13. The Morgan fingerprint density at radius 3 is 3.06 bits per heavy atom. The Hall–Kier alpha value is -1.53. The number of hydrogen-bond donors (Lipinski definition) is 2. The number of amides is 1. The summed E-state index contributed by atoms with van der Waals surface area (Å²) < 4.78 is 4.93. The van der Waals surface area contributed by atoms with Gasteiger partial charge in [-0.2, -0.15) is 0 Å². The summed E-state index contributed by atoms with van der Waals surface area (Å²) in [5, 5.41) is 5.81. The number of carbonyl (C=O) groups is 1. The van der Waals surface area contributed by atoms with E-state index in [1.165, 1.54) is 6.33 Å². The highest BCUT2D eigenvalue weighted by atomic mass is 16.5. The van der Waals surface area contributed by atoms with Gasteiger partial charge in [-0.25, -0.2) is 9.97 Å². The number of hydrogen-bond acceptors (Lipinski definition) is 5. The van der Waals surface area contributed by atoms with Gasteiger partial charge >= 0.3 is 0 Å². The van der Waals surface area contributed by atoms with E-state index in [4.69, 9.17) is 4.74 Å². The largest absolute Gasteiger partial charge is 0.383 e. The van der Waals surface area contributed by atoms with Gasteiger partial charge in [0.2, 0.25) is 5.91 Å². The van der Waals surface area contributed by atoms with Crippen LogP contribution in [0, 0.1) is 0 Å². The number of rotatable bonds is 7. The van der Waals surface area contributed by atoms with Crippen molar-refractivity contribution in [3.8, 4) is 0 Å². The van der Waals surface area contributed by atoms with E-state index < -0.39 is 0 Å². The Morgan fingerprint density at radius 2 is 2.41 bits per heavy atom. The van der Waals surface area contributed by atoms with Crippen LogP contribution in [0.4, 0.5) is 0 Å². The van der Waals surface area contributed by atoms with Crippen molar-refractivity contribution in [2.75, 3.05) is 20.3 Å². The highest BCUT2D eigenvalue weighted by Gasteiger charge is 2.06. The quantitative estimate of drug-likeness (QED) is 0.683. The summed E-state index contributed by atoms with van der Waals surface area (Å²) in [4.78, 5) is 19.3. The van der Waals surface area contributed by atoms with E-state index in [9.17, 15) is 4.79 Å². The molecule has 0 bridgehead atoms. The molecule has 1 amide bonds. The molecule has 0 saturated carbocycles. The summed E-state index contributed by atoms with van der Waals surface area (Å²) in [5.74, 6) is -0.0522. The van der Waals surface area contributed by atoms with Crippen molar-refractivity contribution < 1.29 is 9.53 Å². The molecule has 1 aromatic rings. The molecule has 17 heavy (non-hydrogen) atoms. The average molecular weight is 238 g/mol. The van der Waals surface area contributed by atoms with Crippen molar-refractivity contribution in [1.82, 2.24) is 20.6 Å². The summed E-state index contributed by atoms with van der Waals surface area (Å²) in [7, 11) is 1.61. The summed E-state index contributed by atoms with van der Waals surface area (Å²) in [5.41, 5.74) is 0.859.